The number of hydrogen-bond acceptors (Lipinski definition) is 9. The fraction of sp³-hybridized carbons (Fsp3) is 1.00. The van der Waals surface area contributed by atoms with Gasteiger partial charge in [0.25, 0.3) is 0 Å². The van der Waals surface area contributed by atoms with Crippen molar-refractivity contribution in [3.8, 4) is 0 Å². The standard InChI is InChI=1S/C35H58O9/c1-29(2)22(43-28-25(40)24(39)20(38)16-42-28)9-11-35-17-34(35)13-12-31(5)27(33(7)10-8-23(44-33)30(3,4)41)19(37)15-32(31,6)21(34)14-18(36)26(29)35/h18-28,36-41H,8-17H2,1-7H3/t18-,19-,20+,21-,22?,23-,24?,25+,26-,27-,28-,31+,32-,33+,34?,35+/m0/s1. The van der Waals surface area contributed by atoms with Gasteiger partial charge >= 0.3 is 0 Å². The molecule has 0 aromatic carbocycles. The van der Waals surface area contributed by atoms with Crippen molar-refractivity contribution in [2.75, 3.05) is 6.61 Å². The zero-order chi connectivity index (χ0) is 32.0. The lowest BCUT2D eigenvalue weighted by Crippen LogP contribution is -2.63. The summed E-state index contributed by atoms with van der Waals surface area (Å²) in [7, 11) is 0. The number of ether oxygens (including phenoxy) is 3. The van der Waals surface area contributed by atoms with Crippen molar-refractivity contribution >= 4 is 0 Å². The highest BCUT2D eigenvalue weighted by molar-refractivity contribution is 5.33. The molecule has 16 atom stereocenters. The van der Waals surface area contributed by atoms with Crippen LogP contribution in [0.25, 0.3) is 0 Å². The van der Waals surface area contributed by atoms with Crippen LogP contribution < -0.4 is 0 Å². The highest BCUT2D eigenvalue weighted by Gasteiger charge is 2.85. The number of rotatable bonds is 4. The van der Waals surface area contributed by atoms with E-state index in [0.717, 1.165) is 44.9 Å². The van der Waals surface area contributed by atoms with Gasteiger partial charge in [0.15, 0.2) is 6.29 Å². The van der Waals surface area contributed by atoms with Crippen molar-refractivity contribution in [2.24, 2.45) is 44.8 Å². The van der Waals surface area contributed by atoms with E-state index in [-0.39, 0.29) is 52.3 Å². The average molecular weight is 623 g/mol. The predicted octanol–water partition coefficient (Wildman–Crippen LogP) is 2.90. The molecule has 44 heavy (non-hydrogen) atoms. The van der Waals surface area contributed by atoms with Crippen molar-refractivity contribution in [2.45, 2.75) is 166 Å². The molecule has 7 fully saturated rings. The van der Waals surface area contributed by atoms with Gasteiger partial charge in [0, 0.05) is 5.92 Å². The van der Waals surface area contributed by atoms with Gasteiger partial charge in [0.2, 0.25) is 0 Å². The van der Waals surface area contributed by atoms with Gasteiger partial charge in [-0.15, -0.1) is 0 Å². The molecule has 9 heteroatoms. The lowest BCUT2D eigenvalue weighted by Gasteiger charge is -2.64. The van der Waals surface area contributed by atoms with Crippen molar-refractivity contribution in [1.82, 2.24) is 0 Å². The monoisotopic (exact) mass is 622 g/mol. The smallest absolute Gasteiger partial charge is 0.186 e. The Morgan fingerprint density at radius 2 is 1.45 bits per heavy atom. The summed E-state index contributed by atoms with van der Waals surface area (Å²) < 4.78 is 18.7. The fourth-order valence-corrected chi connectivity index (χ4v) is 13.4. The minimum Gasteiger partial charge on any atom is -0.393 e. The SMILES string of the molecule is CC(C)(O)[C@@H]1CC[C@](C)([C@H]2[C@@H](O)C[C@@]3(C)[C@@H]4C[C@H](O)[C@H]5C(C)(C)C(O[C@@H]6OC[C@@H](O)C(O)[C@H]6O)CC[C@@]56CC46CC[C@]23C)O1. The number of aliphatic hydroxyl groups is 6. The lowest BCUT2D eigenvalue weighted by atomic mass is 9.41. The second kappa shape index (κ2) is 9.63. The number of fused-ring (bicyclic) bond motifs is 2. The largest absolute Gasteiger partial charge is 0.393 e. The van der Waals surface area contributed by atoms with Crippen molar-refractivity contribution < 1.29 is 44.8 Å². The molecule has 0 bridgehead atoms. The quantitative estimate of drug-likeness (QED) is 0.260. The van der Waals surface area contributed by atoms with Gasteiger partial charge in [-0.05, 0) is 117 Å². The van der Waals surface area contributed by atoms with E-state index in [1.165, 1.54) is 0 Å². The third-order valence-corrected chi connectivity index (χ3v) is 15.5. The van der Waals surface area contributed by atoms with Crippen LogP contribution in [0, 0.1) is 44.8 Å². The van der Waals surface area contributed by atoms with Gasteiger partial charge in [-0.2, -0.15) is 0 Å². The Morgan fingerprint density at radius 3 is 2.11 bits per heavy atom. The average Bonchev–Trinajstić information content (AvgIpc) is 3.27. The first-order valence-corrected chi connectivity index (χ1v) is 17.4. The Balaban J connectivity index is 1.15. The van der Waals surface area contributed by atoms with Gasteiger partial charge < -0.3 is 44.8 Å². The minimum atomic E-state index is -1.33. The molecule has 5 saturated carbocycles. The van der Waals surface area contributed by atoms with Crippen LogP contribution in [0.3, 0.4) is 0 Å². The van der Waals surface area contributed by atoms with Crippen LogP contribution in [-0.2, 0) is 14.2 Å². The van der Waals surface area contributed by atoms with Crippen LogP contribution in [0.1, 0.15) is 106 Å². The first kappa shape index (κ1) is 32.2. The fourth-order valence-electron chi connectivity index (χ4n) is 13.4. The molecule has 252 valence electrons. The van der Waals surface area contributed by atoms with E-state index in [4.69, 9.17) is 14.2 Å². The van der Waals surface area contributed by atoms with Gasteiger partial charge in [-0.25, -0.2) is 0 Å². The van der Waals surface area contributed by atoms with Crippen LogP contribution in [0.2, 0.25) is 0 Å². The van der Waals surface area contributed by atoms with E-state index >= 15 is 0 Å². The van der Waals surface area contributed by atoms with Gasteiger partial charge in [-0.1, -0.05) is 27.7 Å². The topological polar surface area (TPSA) is 149 Å². The molecule has 2 spiro atoms. The molecule has 6 N–H and O–H groups in total. The Kier molecular flexibility index (Phi) is 7.04. The molecule has 7 aliphatic rings. The van der Waals surface area contributed by atoms with Gasteiger partial charge in [0.1, 0.15) is 18.3 Å². The maximum atomic E-state index is 12.1. The molecule has 0 aromatic rings. The Hall–Kier alpha value is -0.360. The zero-order valence-electron chi connectivity index (χ0n) is 27.8. The maximum Gasteiger partial charge on any atom is 0.186 e. The molecule has 2 aliphatic heterocycles. The normalized spacial score (nSPS) is 59.8. The molecule has 0 aromatic heterocycles. The van der Waals surface area contributed by atoms with Crippen molar-refractivity contribution in [1.29, 1.82) is 0 Å². The van der Waals surface area contributed by atoms with Gasteiger partial charge in [-0.3, -0.25) is 0 Å². The molecule has 5 aliphatic carbocycles. The Bertz CT molecular complexity index is 1160. The van der Waals surface area contributed by atoms with E-state index in [1.807, 2.05) is 13.8 Å². The summed E-state index contributed by atoms with van der Waals surface area (Å²) in [5.41, 5.74) is -2.01. The van der Waals surface area contributed by atoms with E-state index in [1.54, 1.807) is 0 Å². The van der Waals surface area contributed by atoms with E-state index in [0.29, 0.717) is 18.8 Å². The molecule has 3 unspecified atom stereocenters. The highest BCUT2D eigenvalue weighted by atomic mass is 16.7. The summed E-state index contributed by atoms with van der Waals surface area (Å²) in [5, 5.41) is 65.5. The molecule has 7 rings (SSSR count). The third-order valence-electron chi connectivity index (χ3n) is 15.5. The summed E-state index contributed by atoms with van der Waals surface area (Å²) >= 11 is 0. The van der Waals surface area contributed by atoms with Crippen molar-refractivity contribution in [3.05, 3.63) is 0 Å². The van der Waals surface area contributed by atoms with Crippen LogP contribution in [0.15, 0.2) is 0 Å². The Morgan fingerprint density at radius 1 is 0.750 bits per heavy atom. The minimum absolute atomic E-state index is 0.00753. The van der Waals surface area contributed by atoms with E-state index in [9.17, 15) is 30.6 Å². The van der Waals surface area contributed by atoms with E-state index < -0.39 is 53.4 Å². The van der Waals surface area contributed by atoms with Crippen LogP contribution in [0.4, 0.5) is 0 Å². The summed E-state index contributed by atoms with van der Waals surface area (Å²) in [4.78, 5) is 0. The van der Waals surface area contributed by atoms with Gasteiger partial charge in [0.05, 0.1) is 42.2 Å². The molecule has 2 saturated heterocycles. The first-order valence-electron chi connectivity index (χ1n) is 17.4. The summed E-state index contributed by atoms with van der Waals surface area (Å²) in [6.07, 6.45) is 1.57. The summed E-state index contributed by atoms with van der Waals surface area (Å²) in [6.45, 7) is 14.8. The molecule has 9 nitrogen and oxygen atoms in total. The van der Waals surface area contributed by atoms with E-state index in [2.05, 4.69) is 34.6 Å². The van der Waals surface area contributed by atoms with Crippen LogP contribution in [-0.4, -0.2) is 97.5 Å². The molecular formula is C35H58O9. The van der Waals surface area contributed by atoms with Crippen LogP contribution >= 0.6 is 0 Å². The number of hydrogen-bond donors (Lipinski definition) is 6. The molecule has 0 amide bonds. The zero-order valence-corrected chi connectivity index (χ0v) is 27.8. The molecule has 0 radical (unpaired) electrons. The summed E-state index contributed by atoms with van der Waals surface area (Å²) in [6, 6.07) is 0. The molecule has 2 heterocycles. The number of aliphatic hydroxyl groups excluding tert-OH is 5. The predicted molar refractivity (Wildman–Crippen MR) is 161 cm³/mol. The third kappa shape index (κ3) is 3.97. The Labute approximate surface area is 262 Å². The van der Waals surface area contributed by atoms with Crippen LogP contribution in [0.5, 0.6) is 0 Å². The lowest BCUT2D eigenvalue weighted by molar-refractivity contribution is -0.306. The van der Waals surface area contributed by atoms with Crippen molar-refractivity contribution in [3.63, 3.8) is 0 Å². The molecular weight excluding hydrogens is 564 g/mol. The second-order valence-corrected chi connectivity index (χ2v) is 18.3. The highest BCUT2D eigenvalue weighted by Crippen LogP contribution is 2.89. The maximum absolute atomic E-state index is 12.1. The second-order valence-electron chi connectivity index (χ2n) is 18.3. The summed E-state index contributed by atoms with van der Waals surface area (Å²) in [5.74, 6) is 0.285. The first-order chi connectivity index (χ1) is 20.3.